The van der Waals surface area contributed by atoms with Gasteiger partial charge in [0.15, 0.2) is 0 Å². The molecule has 4 rings (SSSR count). The summed E-state index contributed by atoms with van der Waals surface area (Å²) in [5.74, 6) is -0.814. The van der Waals surface area contributed by atoms with Crippen molar-refractivity contribution in [3.63, 3.8) is 0 Å². The van der Waals surface area contributed by atoms with E-state index < -0.39 is 11.9 Å². The molecule has 2 aromatic carbocycles. The van der Waals surface area contributed by atoms with Crippen molar-refractivity contribution in [2.45, 2.75) is 19.4 Å². The number of rotatable bonds is 9. The van der Waals surface area contributed by atoms with Gasteiger partial charge in [-0.05, 0) is 55.6 Å². The Balaban J connectivity index is 0.000000392. The Hall–Kier alpha value is -3.85. The highest BCUT2D eigenvalue weighted by atomic mass is 16.5. The molecule has 0 bridgehead atoms. The van der Waals surface area contributed by atoms with Gasteiger partial charge in [-0.1, -0.05) is 24.3 Å². The van der Waals surface area contributed by atoms with E-state index in [-0.39, 0.29) is 5.91 Å². The predicted octanol–water partition coefficient (Wildman–Crippen LogP) is 3.19. The fraction of sp³-hybridized carbons (Fsp3) is 0.370. The summed E-state index contributed by atoms with van der Waals surface area (Å²) < 4.78 is 5.27. The highest BCUT2D eigenvalue weighted by molar-refractivity contribution is 5.98. The molecule has 3 N–H and O–H groups in total. The summed E-state index contributed by atoms with van der Waals surface area (Å²) in [6.45, 7) is 5.86. The van der Waals surface area contributed by atoms with Crippen LogP contribution in [0.1, 0.15) is 28.8 Å². The van der Waals surface area contributed by atoms with E-state index >= 15 is 0 Å². The van der Waals surface area contributed by atoms with Crippen molar-refractivity contribution in [3.05, 3.63) is 71.8 Å². The van der Waals surface area contributed by atoms with Gasteiger partial charge in [0, 0.05) is 55.6 Å². The summed E-state index contributed by atoms with van der Waals surface area (Å²) >= 11 is 0. The third-order valence-electron chi connectivity index (χ3n) is 6.28. The first-order chi connectivity index (χ1) is 17.4. The van der Waals surface area contributed by atoms with Crippen LogP contribution >= 0.6 is 0 Å². The monoisotopic (exact) mass is 495 g/mol. The number of aliphatic carboxylic acids is 2. The van der Waals surface area contributed by atoms with Crippen LogP contribution in [-0.2, 0) is 16.1 Å². The van der Waals surface area contributed by atoms with Gasteiger partial charge in [0.05, 0.1) is 7.11 Å². The lowest BCUT2D eigenvalue weighted by Crippen LogP contribution is -2.40. The number of nitrogens with one attached hydrogen (secondary N) is 1. The Bertz CT molecular complexity index is 1060. The largest absolute Gasteiger partial charge is 0.497 e. The van der Waals surface area contributed by atoms with Gasteiger partial charge in [0.2, 0.25) is 0 Å². The minimum Gasteiger partial charge on any atom is -0.497 e. The first-order valence-electron chi connectivity index (χ1n) is 12.0. The van der Waals surface area contributed by atoms with Crippen LogP contribution in [0.5, 0.6) is 5.75 Å². The lowest BCUT2D eigenvalue weighted by Gasteiger charge is -2.33. The molecule has 2 aromatic rings. The van der Waals surface area contributed by atoms with Crippen molar-refractivity contribution in [2.75, 3.05) is 45.2 Å². The zero-order valence-electron chi connectivity index (χ0n) is 20.4. The summed E-state index contributed by atoms with van der Waals surface area (Å²) in [5.41, 5.74) is 3.17. The lowest BCUT2D eigenvalue weighted by atomic mass is 9.96. The number of methoxy groups -OCH3 is 1. The molecule has 36 heavy (non-hydrogen) atoms. The molecule has 192 valence electrons. The molecule has 0 unspecified atom stereocenters. The quantitative estimate of drug-likeness (QED) is 0.454. The zero-order chi connectivity index (χ0) is 25.9. The molecule has 2 aliphatic rings. The maximum atomic E-state index is 12.6. The van der Waals surface area contributed by atoms with Crippen molar-refractivity contribution < 1.29 is 29.3 Å². The highest BCUT2D eigenvalue weighted by Crippen LogP contribution is 2.26. The minimum absolute atomic E-state index is 0.209. The van der Waals surface area contributed by atoms with Crippen LogP contribution in [0, 0.1) is 5.92 Å². The number of hydrogen-bond acceptors (Lipinski definition) is 6. The molecule has 0 aliphatic carbocycles. The number of hydrogen-bond donors (Lipinski definition) is 3. The number of benzene rings is 2. The normalized spacial score (nSPS) is 15.8. The Kier molecular flexibility index (Phi) is 9.88. The number of piperidine rings is 1. The van der Waals surface area contributed by atoms with Gasteiger partial charge in [-0.2, -0.15) is 0 Å². The van der Waals surface area contributed by atoms with Crippen molar-refractivity contribution in [1.82, 2.24) is 9.80 Å². The number of carboxylic acids is 2. The van der Waals surface area contributed by atoms with E-state index in [0.717, 1.165) is 56.3 Å². The topological polar surface area (TPSA) is 119 Å². The molecule has 0 saturated carbocycles. The van der Waals surface area contributed by atoms with Gasteiger partial charge in [0.1, 0.15) is 5.75 Å². The Morgan fingerprint density at radius 2 is 1.75 bits per heavy atom. The molecule has 1 saturated heterocycles. The number of carbonyl (C=O) groups excluding carboxylic acids is 1. The zero-order valence-corrected chi connectivity index (χ0v) is 20.4. The van der Waals surface area contributed by atoms with Crippen molar-refractivity contribution in [1.29, 1.82) is 0 Å². The number of likely N-dealkylation sites (tertiary alicyclic amines) is 1. The summed E-state index contributed by atoms with van der Waals surface area (Å²) in [6.07, 6.45) is 3.45. The van der Waals surface area contributed by atoms with Gasteiger partial charge in [-0.25, -0.2) is 9.59 Å². The van der Waals surface area contributed by atoms with Crippen molar-refractivity contribution in [2.24, 2.45) is 5.92 Å². The Morgan fingerprint density at radius 1 is 1.06 bits per heavy atom. The van der Waals surface area contributed by atoms with Crippen LogP contribution in [0.25, 0.3) is 0 Å². The SMILES string of the molecule is COc1cccc(NCCN2CCC(CN3Cc4ccccc4C3=O)CC2)c1.O=C(O)/C=C/C(=O)O. The van der Waals surface area contributed by atoms with E-state index in [1.54, 1.807) is 7.11 Å². The molecule has 2 heterocycles. The summed E-state index contributed by atoms with van der Waals surface area (Å²) in [5, 5.41) is 19.1. The number of fused-ring (bicyclic) bond motifs is 1. The number of carbonyl (C=O) groups is 3. The molecule has 2 aliphatic heterocycles. The van der Waals surface area contributed by atoms with Crippen LogP contribution in [0.3, 0.4) is 0 Å². The van der Waals surface area contributed by atoms with Gasteiger partial charge >= 0.3 is 11.9 Å². The first-order valence-corrected chi connectivity index (χ1v) is 12.0. The average Bonchev–Trinajstić information content (AvgIpc) is 3.19. The molecule has 9 heteroatoms. The Labute approximate surface area is 211 Å². The summed E-state index contributed by atoms with van der Waals surface area (Å²) in [4.78, 5) is 36.2. The lowest BCUT2D eigenvalue weighted by molar-refractivity contribution is -0.134. The van der Waals surface area contributed by atoms with Gasteiger partial charge in [-0.15, -0.1) is 0 Å². The molecular weight excluding hydrogens is 462 g/mol. The van der Waals surface area contributed by atoms with Crippen LogP contribution in [0.4, 0.5) is 5.69 Å². The van der Waals surface area contributed by atoms with Gasteiger partial charge in [0.25, 0.3) is 5.91 Å². The van der Waals surface area contributed by atoms with E-state index in [4.69, 9.17) is 14.9 Å². The molecule has 0 aromatic heterocycles. The number of ether oxygens (including phenoxy) is 1. The predicted molar refractivity (Wildman–Crippen MR) is 136 cm³/mol. The fourth-order valence-corrected chi connectivity index (χ4v) is 4.40. The van der Waals surface area contributed by atoms with E-state index in [9.17, 15) is 14.4 Å². The van der Waals surface area contributed by atoms with Crippen molar-refractivity contribution in [3.8, 4) is 5.75 Å². The number of carboxylic acid groups (broad SMARTS) is 2. The molecule has 1 amide bonds. The van der Waals surface area contributed by atoms with E-state index in [1.807, 2.05) is 41.3 Å². The molecule has 0 radical (unpaired) electrons. The Morgan fingerprint density at radius 3 is 2.39 bits per heavy atom. The van der Waals surface area contributed by atoms with E-state index in [0.29, 0.717) is 18.1 Å². The standard InChI is InChI=1S/C23H29N3O2.C4H4O4/c1-28-21-7-4-6-20(15-21)24-11-14-25-12-9-18(10-13-25)16-26-17-19-5-2-3-8-22(19)23(26)27;5-3(6)1-2-4(7)8/h2-8,15,18,24H,9-14,16-17H2,1H3;1-2H,(H,5,6)(H,7,8)/b;2-1+. The molecule has 9 nitrogen and oxygen atoms in total. The molecule has 0 atom stereocenters. The summed E-state index contributed by atoms with van der Waals surface area (Å²) in [6, 6.07) is 16.1. The maximum Gasteiger partial charge on any atom is 0.328 e. The van der Waals surface area contributed by atoms with Crippen LogP contribution < -0.4 is 10.1 Å². The summed E-state index contributed by atoms with van der Waals surface area (Å²) in [7, 11) is 1.69. The second-order valence-corrected chi connectivity index (χ2v) is 8.80. The number of anilines is 1. The minimum atomic E-state index is -1.26. The fourth-order valence-electron chi connectivity index (χ4n) is 4.40. The van der Waals surface area contributed by atoms with Gasteiger partial charge < -0.3 is 30.1 Å². The van der Waals surface area contributed by atoms with Crippen LogP contribution in [0.2, 0.25) is 0 Å². The number of amides is 1. The van der Waals surface area contributed by atoms with Gasteiger partial charge in [-0.3, -0.25) is 4.79 Å². The van der Waals surface area contributed by atoms with E-state index in [2.05, 4.69) is 22.3 Å². The second kappa shape index (κ2) is 13.3. The van der Waals surface area contributed by atoms with Crippen LogP contribution in [0.15, 0.2) is 60.7 Å². The highest BCUT2D eigenvalue weighted by Gasteiger charge is 2.29. The maximum absolute atomic E-state index is 12.6. The second-order valence-electron chi connectivity index (χ2n) is 8.80. The van der Waals surface area contributed by atoms with Crippen molar-refractivity contribution >= 4 is 23.5 Å². The average molecular weight is 496 g/mol. The molecule has 1 fully saturated rings. The third kappa shape index (κ3) is 8.13. The molecule has 0 spiro atoms. The van der Waals surface area contributed by atoms with E-state index in [1.165, 1.54) is 18.4 Å². The first kappa shape index (κ1) is 26.7. The number of nitrogens with zero attached hydrogens (tertiary/aromatic N) is 2. The molecular formula is C27H33N3O6. The third-order valence-corrected chi connectivity index (χ3v) is 6.28. The smallest absolute Gasteiger partial charge is 0.328 e. The van der Waals surface area contributed by atoms with Crippen LogP contribution in [-0.4, -0.2) is 77.7 Å².